The normalized spacial score (nSPS) is 14.7. The van der Waals surface area contributed by atoms with E-state index in [1.54, 1.807) is 12.1 Å². The molecular weight excluding hydrogens is 241 g/mol. The standard InChI is InChI=1S/C15H18FN3/c1-10(2)19-14-7-8-17-9-13(14)15(18-19)11-3-5-12(16)6-4-11/h3-6,10,17H,7-9H2,1-2H3. The van der Waals surface area contributed by atoms with Crippen LogP contribution in [0.25, 0.3) is 11.3 Å². The Labute approximate surface area is 112 Å². The van der Waals surface area contributed by atoms with Crippen LogP contribution < -0.4 is 5.32 Å². The molecule has 2 heterocycles. The summed E-state index contributed by atoms with van der Waals surface area (Å²) >= 11 is 0. The van der Waals surface area contributed by atoms with E-state index in [9.17, 15) is 4.39 Å². The molecule has 1 aliphatic heterocycles. The van der Waals surface area contributed by atoms with Crippen LogP contribution in [-0.4, -0.2) is 16.3 Å². The third-order valence-electron chi connectivity index (χ3n) is 3.57. The van der Waals surface area contributed by atoms with Gasteiger partial charge in [-0.05, 0) is 38.1 Å². The van der Waals surface area contributed by atoms with Crippen LogP contribution in [0.2, 0.25) is 0 Å². The summed E-state index contributed by atoms with van der Waals surface area (Å²) in [7, 11) is 0. The Morgan fingerprint density at radius 1 is 1.26 bits per heavy atom. The summed E-state index contributed by atoms with van der Waals surface area (Å²) in [6.07, 6.45) is 1.00. The molecule has 1 aliphatic rings. The predicted molar refractivity (Wildman–Crippen MR) is 73.4 cm³/mol. The van der Waals surface area contributed by atoms with Gasteiger partial charge in [0.05, 0.1) is 5.69 Å². The molecule has 0 atom stereocenters. The van der Waals surface area contributed by atoms with E-state index in [1.165, 1.54) is 23.4 Å². The van der Waals surface area contributed by atoms with Crippen LogP contribution in [0.5, 0.6) is 0 Å². The van der Waals surface area contributed by atoms with Gasteiger partial charge in [-0.3, -0.25) is 4.68 Å². The SMILES string of the molecule is CC(C)n1nc(-c2ccc(F)cc2)c2c1CCNC2. The fourth-order valence-corrected chi connectivity index (χ4v) is 2.64. The molecule has 1 aromatic heterocycles. The highest BCUT2D eigenvalue weighted by atomic mass is 19.1. The first-order valence-corrected chi connectivity index (χ1v) is 6.73. The summed E-state index contributed by atoms with van der Waals surface area (Å²) in [5.74, 6) is -0.209. The van der Waals surface area contributed by atoms with Gasteiger partial charge in [-0.2, -0.15) is 5.10 Å². The third-order valence-corrected chi connectivity index (χ3v) is 3.57. The summed E-state index contributed by atoms with van der Waals surface area (Å²) in [4.78, 5) is 0. The molecule has 0 amide bonds. The van der Waals surface area contributed by atoms with Crippen LogP contribution in [0.3, 0.4) is 0 Å². The molecule has 19 heavy (non-hydrogen) atoms. The summed E-state index contributed by atoms with van der Waals surface area (Å²) in [5.41, 5.74) is 4.54. The zero-order valence-electron chi connectivity index (χ0n) is 11.3. The van der Waals surface area contributed by atoms with Crippen LogP contribution in [0.15, 0.2) is 24.3 Å². The van der Waals surface area contributed by atoms with E-state index >= 15 is 0 Å². The molecule has 3 rings (SSSR count). The number of aromatic nitrogens is 2. The van der Waals surface area contributed by atoms with Crippen LogP contribution in [0.1, 0.15) is 31.1 Å². The Morgan fingerprint density at radius 3 is 2.68 bits per heavy atom. The van der Waals surface area contributed by atoms with Gasteiger partial charge in [0, 0.05) is 42.4 Å². The lowest BCUT2D eigenvalue weighted by Gasteiger charge is -2.17. The molecule has 1 aromatic carbocycles. The van der Waals surface area contributed by atoms with E-state index in [0.29, 0.717) is 6.04 Å². The van der Waals surface area contributed by atoms with Gasteiger partial charge in [0.25, 0.3) is 0 Å². The third kappa shape index (κ3) is 2.16. The molecule has 0 saturated carbocycles. The second-order valence-corrected chi connectivity index (χ2v) is 5.25. The topological polar surface area (TPSA) is 29.9 Å². The zero-order chi connectivity index (χ0) is 13.4. The fraction of sp³-hybridized carbons (Fsp3) is 0.400. The maximum atomic E-state index is 13.0. The van der Waals surface area contributed by atoms with Crippen LogP contribution in [0.4, 0.5) is 4.39 Å². The van der Waals surface area contributed by atoms with Crippen molar-refractivity contribution in [1.82, 2.24) is 15.1 Å². The Kier molecular flexibility index (Phi) is 3.11. The maximum Gasteiger partial charge on any atom is 0.123 e. The van der Waals surface area contributed by atoms with Crippen molar-refractivity contribution in [2.24, 2.45) is 0 Å². The van der Waals surface area contributed by atoms with Crippen molar-refractivity contribution < 1.29 is 4.39 Å². The average molecular weight is 259 g/mol. The second-order valence-electron chi connectivity index (χ2n) is 5.25. The fourth-order valence-electron chi connectivity index (χ4n) is 2.64. The predicted octanol–water partition coefficient (Wildman–Crippen LogP) is 2.92. The summed E-state index contributed by atoms with van der Waals surface area (Å²) in [6, 6.07) is 6.94. The molecule has 2 aromatic rings. The highest BCUT2D eigenvalue weighted by Gasteiger charge is 2.22. The second kappa shape index (κ2) is 4.78. The van der Waals surface area contributed by atoms with E-state index in [0.717, 1.165) is 30.8 Å². The molecule has 0 aliphatic carbocycles. The van der Waals surface area contributed by atoms with Crippen molar-refractivity contribution in [2.75, 3.05) is 6.54 Å². The van der Waals surface area contributed by atoms with Crippen molar-refractivity contribution >= 4 is 0 Å². The molecule has 1 N–H and O–H groups in total. The highest BCUT2D eigenvalue weighted by molar-refractivity contribution is 5.64. The first kappa shape index (κ1) is 12.4. The molecule has 0 unspecified atom stereocenters. The van der Waals surface area contributed by atoms with Gasteiger partial charge < -0.3 is 5.32 Å². The number of fused-ring (bicyclic) bond motifs is 1. The van der Waals surface area contributed by atoms with Gasteiger partial charge in [0.15, 0.2) is 0 Å². The Bertz CT molecular complexity index is 584. The molecule has 0 saturated heterocycles. The number of nitrogens with zero attached hydrogens (tertiary/aromatic N) is 2. The van der Waals surface area contributed by atoms with E-state index in [2.05, 4.69) is 23.8 Å². The first-order valence-electron chi connectivity index (χ1n) is 6.73. The number of rotatable bonds is 2. The quantitative estimate of drug-likeness (QED) is 0.898. The zero-order valence-corrected chi connectivity index (χ0v) is 11.3. The summed E-state index contributed by atoms with van der Waals surface area (Å²) in [6.45, 7) is 6.12. The van der Waals surface area contributed by atoms with Crippen molar-refractivity contribution in [3.05, 3.63) is 41.3 Å². The number of nitrogens with one attached hydrogen (secondary N) is 1. The molecular formula is C15H18FN3. The summed E-state index contributed by atoms with van der Waals surface area (Å²) in [5, 5.41) is 8.13. The van der Waals surface area contributed by atoms with Crippen molar-refractivity contribution in [3.63, 3.8) is 0 Å². The minimum Gasteiger partial charge on any atom is -0.312 e. The Morgan fingerprint density at radius 2 is 2.00 bits per heavy atom. The maximum absolute atomic E-state index is 13.0. The van der Waals surface area contributed by atoms with Gasteiger partial charge in [-0.25, -0.2) is 4.39 Å². The van der Waals surface area contributed by atoms with Crippen LogP contribution in [-0.2, 0) is 13.0 Å². The number of halogens is 1. The number of benzene rings is 1. The minimum absolute atomic E-state index is 0.209. The largest absolute Gasteiger partial charge is 0.312 e. The van der Waals surface area contributed by atoms with E-state index in [4.69, 9.17) is 5.10 Å². The summed E-state index contributed by atoms with van der Waals surface area (Å²) < 4.78 is 15.1. The molecule has 100 valence electrons. The Balaban J connectivity index is 2.13. The monoisotopic (exact) mass is 259 g/mol. The Hall–Kier alpha value is -1.68. The van der Waals surface area contributed by atoms with Crippen molar-refractivity contribution in [1.29, 1.82) is 0 Å². The van der Waals surface area contributed by atoms with Crippen molar-refractivity contribution in [2.45, 2.75) is 32.9 Å². The van der Waals surface area contributed by atoms with Crippen LogP contribution >= 0.6 is 0 Å². The molecule has 3 nitrogen and oxygen atoms in total. The highest BCUT2D eigenvalue weighted by Crippen LogP contribution is 2.29. The first-order chi connectivity index (χ1) is 9.16. The molecule has 0 bridgehead atoms. The lowest BCUT2D eigenvalue weighted by molar-refractivity contribution is 0.494. The number of hydrogen-bond acceptors (Lipinski definition) is 2. The van der Waals surface area contributed by atoms with Crippen molar-refractivity contribution in [3.8, 4) is 11.3 Å². The van der Waals surface area contributed by atoms with Gasteiger partial charge in [0.1, 0.15) is 5.82 Å². The lowest BCUT2D eigenvalue weighted by Crippen LogP contribution is -2.25. The molecule has 4 heteroatoms. The molecule has 0 spiro atoms. The minimum atomic E-state index is -0.209. The van der Waals surface area contributed by atoms with E-state index < -0.39 is 0 Å². The lowest BCUT2D eigenvalue weighted by atomic mass is 10.0. The number of hydrogen-bond donors (Lipinski definition) is 1. The van der Waals surface area contributed by atoms with Gasteiger partial charge in [-0.15, -0.1) is 0 Å². The van der Waals surface area contributed by atoms with Gasteiger partial charge >= 0.3 is 0 Å². The smallest absolute Gasteiger partial charge is 0.123 e. The van der Waals surface area contributed by atoms with Crippen LogP contribution in [0, 0.1) is 5.82 Å². The molecule has 0 radical (unpaired) electrons. The van der Waals surface area contributed by atoms with Gasteiger partial charge in [0.2, 0.25) is 0 Å². The average Bonchev–Trinajstić information content (AvgIpc) is 2.79. The van der Waals surface area contributed by atoms with Gasteiger partial charge in [-0.1, -0.05) is 0 Å². The van der Waals surface area contributed by atoms with E-state index in [-0.39, 0.29) is 5.82 Å². The van der Waals surface area contributed by atoms with E-state index in [1.807, 2.05) is 0 Å². The molecule has 0 fully saturated rings.